The van der Waals surface area contributed by atoms with Crippen molar-refractivity contribution < 1.29 is 21.9 Å². The third kappa shape index (κ3) is 2.93. The van der Waals surface area contributed by atoms with Gasteiger partial charge < -0.3 is 5.11 Å². The molecule has 9 heteroatoms. The second-order valence-corrected chi connectivity index (χ2v) is 8.57. The molecule has 0 aliphatic rings. The lowest BCUT2D eigenvalue weighted by molar-refractivity contribution is 0.480. The lowest BCUT2D eigenvalue weighted by atomic mass is 10.1. The summed E-state index contributed by atoms with van der Waals surface area (Å²) < 4.78 is 47.7. The van der Waals surface area contributed by atoms with Crippen LogP contribution in [0.3, 0.4) is 0 Å². The van der Waals surface area contributed by atoms with Gasteiger partial charge in [0.05, 0.1) is 18.2 Å². The van der Waals surface area contributed by atoms with Crippen LogP contribution in [0.15, 0.2) is 24.3 Å². The largest absolute Gasteiger partial charge is 0.506 e. The zero-order valence-corrected chi connectivity index (χ0v) is 13.2. The number of anilines is 1. The molecule has 0 amide bonds. The Kier molecular flexibility index (Phi) is 3.58. The number of benzene rings is 1. The Bertz CT molecular complexity index is 888. The molecule has 1 aromatic carbocycles. The molecule has 0 saturated heterocycles. The van der Waals surface area contributed by atoms with E-state index in [4.69, 9.17) is 0 Å². The van der Waals surface area contributed by atoms with Crippen molar-refractivity contribution in [1.82, 2.24) is 4.98 Å². The molecule has 21 heavy (non-hydrogen) atoms. The molecule has 0 aliphatic heterocycles. The van der Waals surface area contributed by atoms with Gasteiger partial charge in [0.2, 0.25) is 20.0 Å². The van der Waals surface area contributed by atoms with Crippen LogP contribution in [0.2, 0.25) is 0 Å². The minimum atomic E-state index is -4.05. The summed E-state index contributed by atoms with van der Waals surface area (Å²) in [5, 5.41) is 10.1. The van der Waals surface area contributed by atoms with Crippen molar-refractivity contribution in [2.45, 2.75) is 6.92 Å². The highest BCUT2D eigenvalue weighted by molar-refractivity contribution is 8.09. The smallest absolute Gasteiger partial charge is 0.245 e. The van der Waals surface area contributed by atoms with Crippen molar-refractivity contribution in [3.63, 3.8) is 0 Å². The van der Waals surface area contributed by atoms with Crippen LogP contribution >= 0.6 is 0 Å². The van der Waals surface area contributed by atoms with Gasteiger partial charge in [0.15, 0.2) is 0 Å². The second kappa shape index (κ2) is 4.85. The third-order valence-electron chi connectivity index (χ3n) is 2.75. The summed E-state index contributed by atoms with van der Waals surface area (Å²) in [7, 11) is -8.11. The molecule has 1 N–H and O–H groups in total. The van der Waals surface area contributed by atoms with Crippen molar-refractivity contribution in [2.75, 3.05) is 16.2 Å². The molecule has 1 aromatic heterocycles. The molecule has 0 unspecified atom stereocenters. The topological polar surface area (TPSA) is 105 Å². The lowest BCUT2D eigenvalue weighted by Gasteiger charge is -2.21. The SMILES string of the molecule is Cc1ccc2c(N(S(C)(=O)=O)S(C)(=O)=O)ccc(O)c2n1. The summed E-state index contributed by atoms with van der Waals surface area (Å²) in [6, 6.07) is 5.58. The number of pyridine rings is 1. The van der Waals surface area contributed by atoms with Crippen molar-refractivity contribution in [2.24, 2.45) is 0 Å². The van der Waals surface area contributed by atoms with Crippen molar-refractivity contribution >= 4 is 36.6 Å². The van der Waals surface area contributed by atoms with Crippen LogP contribution in [0.1, 0.15) is 5.69 Å². The maximum absolute atomic E-state index is 11.8. The van der Waals surface area contributed by atoms with Crippen LogP contribution in [-0.4, -0.2) is 39.4 Å². The molecule has 0 saturated carbocycles. The van der Waals surface area contributed by atoms with Gasteiger partial charge in [0.25, 0.3) is 0 Å². The third-order valence-corrected chi connectivity index (χ3v) is 5.97. The van der Waals surface area contributed by atoms with Crippen LogP contribution in [0.4, 0.5) is 5.69 Å². The highest BCUT2D eigenvalue weighted by Gasteiger charge is 2.29. The fraction of sp³-hybridized carbons (Fsp3) is 0.250. The number of phenolic OH excluding ortho intramolecular Hbond substituents is 1. The van der Waals surface area contributed by atoms with Gasteiger partial charge in [0, 0.05) is 11.1 Å². The van der Waals surface area contributed by atoms with E-state index in [1.165, 1.54) is 18.2 Å². The maximum Gasteiger partial charge on any atom is 0.245 e. The highest BCUT2D eigenvalue weighted by atomic mass is 32.3. The summed E-state index contributed by atoms with van der Waals surface area (Å²) in [6.07, 6.45) is 1.60. The normalized spacial score (nSPS) is 12.5. The first-order valence-electron chi connectivity index (χ1n) is 5.81. The first kappa shape index (κ1) is 15.5. The predicted octanol–water partition coefficient (Wildman–Crippen LogP) is 0.974. The standard InChI is InChI=1S/C12H14N2O5S2/c1-8-4-5-9-10(6-7-11(15)12(9)13-8)14(20(2,16)17)21(3,18)19/h4-7,15H,1-3H3. The van der Waals surface area contributed by atoms with E-state index in [1.54, 1.807) is 13.0 Å². The maximum atomic E-state index is 11.8. The molecule has 2 rings (SSSR count). The summed E-state index contributed by atoms with van der Waals surface area (Å²) in [6.45, 7) is 1.70. The van der Waals surface area contributed by atoms with Crippen molar-refractivity contribution in [1.29, 1.82) is 0 Å². The van der Waals surface area contributed by atoms with E-state index in [1.807, 2.05) is 0 Å². The molecule has 114 valence electrons. The molecule has 0 spiro atoms. The fourth-order valence-corrected chi connectivity index (χ4v) is 5.05. The Balaban J connectivity index is 2.92. The molecular weight excluding hydrogens is 316 g/mol. The zero-order chi connectivity index (χ0) is 16.0. The van der Waals surface area contributed by atoms with Gasteiger partial charge in [-0.1, -0.05) is 0 Å². The summed E-state index contributed by atoms with van der Waals surface area (Å²) in [5.41, 5.74) is 0.685. The fourth-order valence-electron chi connectivity index (χ4n) is 2.05. The predicted molar refractivity (Wildman–Crippen MR) is 80.3 cm³/mol. The average molecular weight is 330 g/mol. The van der Waals surface area contributed by atoms with Crippen LogP contribution in [0.25, 0.3) is 10.9 Å². The van der Waals surface area contributed by atoms with E-state index >= 15 is 0 Å². The van der Waals surface area contributed by atoms with E-state index < -0.39 is 20.0 Å². The Labute approximate surface area is 123 Å². The highest BCUT2D eigenvalue weighted by Crippen LogP contribution is 2.34. The number of nitrogens with zero attached hydrogens (tertiary/aromatic N) is 2. The van der Waals surface area contributed by atoms with Gasteiger partial charge in [0.1, 0.15) is 11.3 Å². The van der Waals surface area contributed by atoms with Crippen LogP contribution in [0.5, 0.6) is 5.75 Å². The number of rotatable bonds is 3. The Morgan fingerprint density at radius 3 is 2.10 bits per heavy atom. The van der Waals surface area contributed by atoms with E-state index in [0.717, 1.165) is 12.5 Å². The van der Waals surface area contributed by atoms with E-state index in [2.05, 4.69) is 4.98 Å². The monoisotopic (exact) mass is 330 g/mol. The van der Waals surface area contributed by atoms with Gasteiger partial charge in [-0.15, -0.1) is 0 Å². The molecule has 0 bridgehead atoms. The summed E-state index contributed by atoms with van der Waals surface area (Å²) in [4.78, 5) is 4.12. The first-order valence-corrected chi connectivity index (χ1v) is 9.51. The van der Waals surface area contributed by atoms with E-state index in [-0.39, 0.29) is 22.3 Å². The van der Waals surface area contributed by atoms with Gasteiger partial charge in [-0.25, -0.2) is 21.8 Å². The Hall–Kier alpha value is -1.87. The number of hydrogen-bond donors (Lipinski definition) is 1. The van der Waals surface area contributed by atoms with Crippen LogP contribution < -0.4 is 3.71 Å². The van der Waals surface area contributed by atoms with Gasteiger partial charge in [-0.05, 0) is 31.2 Å². The number of phenols is 1. The van der Waals surface area contributed by atoms with E-state index in [0.29, 0.717) is 9.40 Å². The number of sulfonamides is 2. The molecule has 0 aliphatic carbocycles. The second-order valence-electron chi connectivity index (χ2n) is 4.68. The number of aromatic hydroxyl groups is 1. The first-order chi connectivity index (χ1) is 9.51. The summed E-state index contributed by atoms with van der Waals surface area (Å²) >= 11 is 0. The molecular formula is C12H14N2O5S2. The number of hydrogen-bond acceptors (Lipinski definition) is 6. The van der Waals surface area contributed by atoms with Gasteiger partial charge in [-0.3, -0.25) is 0 Å². The van der Waals surface area contributed by atoms with Crippen molar-refractivity contribution in [3.8, 4) is 5.75 Å². The molecule has 2 aromatic rings. The minimum Gasteiger partial charge on any atom is -0.506 e. The average Bonchev–Trinajstić information content (AvgIpc) is 2.29. The van der Waals surface area contributed by atoms with Crippen molar-refractivity contribution in [3.05, 3.63) is 30.0 Å². The minimum absolute atomic E-state index is 0.0692. The lowest BCUT2D eigenvalue weighted by Crippen LogP contribution is -2.35. The van der Waals surface area contributed by atoms with Crippen LogP contribution in [0, 0.1) is 6.92 Å². The van der Waals surface area contributed by atoms with Gasteiger partial charge in [-0.2, -0.15) is 3.71 Å². The molecule has 7 nitrogen and oxygen atoms in total. The van der Waals surface area contributed by atoms with E-state index in [9.17, 15) is 21.9 Å². The Morgan fingerprint density at radius 1 is 1.00 bits per heavy atom. The summed E-state index contributed by atoms with van der Waals surface area (Å²) in [5.74, 6) is -0.153. The molecule has 0 atom stereocenters. The van der Waals surface area contributed by atoms with Crippen LogP contribution in [-0.2, 0) is 20.0 Å². The van der Waals surface area contributed by atoms with Gasteiger partial charge >= 0.3 is 0 Å². The molecule has 0 fully saturated rings. The zero-order valence-electron chi connectivity index (χ0n) is 11.6. The quantitative estimate of drug-likeness (QED) is 0.899. The number of aryl methyl sites for hydroxylation is 1. The number of aromatic nitrogens is 1. The molecule has 1 heterocycles. The molecule has 0 radical (unpaired) electrons. The Morgan fingerprint density at radius 2 is 1.57 bits per heavy atom. The number of fused-ring (bicyclic) bond motifs is 1.